The molecule has 3 N–H and O–H groups in total. The molecule has 1 aliphatic rings. The normalized spacial score (nSPS) is 32.3. The van der Waals surface area contributed by atoms with Crippen LogP contribution in [-0.4, -0.2) is 30.7 Å². The van der Waals surface area contributed by atoms with Gasteiger partial charge in [-0.3, -0.25) is 4.79 Å². The SMILES string of the molecule is CCC(C)NC1(C(N)=O)CCCC(OC)C1. The van der Waals surface area contributed by atoms with Gasteiger partial charge in [0.2, 0.25) is 5.91 Å². The van der Waals surface area contributed by atoms with E-state index in [-0.39, 0.29) is 12.0 Å². The number of amides is 1. The van der Waals surface area contributed by atoms with E-state index in [2.05, 4.69) is 19.2 Å². The summed E-state index contributed by atoms with van der Waals surface area (Å²) in [5, 5.41) is 3.39. The second kappa shape index (κ2) is 5.64. The summed E-state index contributed by atoms with van der Waals surface area (Å²) in [5.74, 6) is -0.241. The van der Waals surface area contributed by atoms with Gasteiger partial charge in [-0.05, 0) is 32.6 Å². The Labute approximate surface area is 97.9 Å². The van der Waals surface area contributed by atoms with Crippen LogP contribution in [0.2, 0.25) is 0 Å². The van der Waals surface area contributed by atoms with E-state index >= 15 is 0 Å². The number of nitrogens with one attached hydrogen (secondary N) is 1. The van der Waals surface area contributed by atoms with E-state index in [0.29, 0.717) is 12.5 Å². The lowest BCUT2D eigenvalue weighted by Gasteiger charge is -2.40. The molecule has 0 aromatic carbocycles. The molecule has 3 unspecified atom stereocenters. The van der Waals surface area contributed by atoms with Crippen molar-refractivity contribution in [3.8, 4) is 0 Å². The fourth-order valence-electron chi connectivity index (χ4n) is 2.43. The second-order valence-electron chi connectivity index (χ2n) is 4.85. The zero-order valence-corrected chi connectivity index (χ0v) is 10.6. The summed E-state index contributed by atoms with van der Waals surface area (Å²) in [5.41, 5.74) is 5.00. The number of hydrogen-bond donors (Lipinski definition) is 2. The van der Waals surface area contributed by atoms with Gasteiger partial charge in [-0.25, -0.2) is 0 Å². The van der Waals surface area contributed by atoms with E-state index in [4.69, 9.17) is 10.5 Å². The Hall–Kier alpha value is -0.610. The van der Waals surface area contributed by atoms with Crippen LogP contribution >= 0.6 is 0 Å². The monoisotopic (exact) mass is 228 g/mol. The van der Waals surface area contributed by atoms with E-state index in [0.717, 1.165) is 25.7 Å². The number of ether oxygens (including phenoxy) is 1. The Morgan fingerprint density at radius 3 is 2.88 bits per heavy atom. The molecule has 94 valence electrons. The van der Waals surface area contributed by atoms with Gasteiger partial charge in [0.1, 0.15) is 5.54 Å². The molecule has 0 aromatic rings. The lowest BCUT2D eigenvalue weighted by Crippen LogP contribution is -2.61. The van der Waals surface area contributed by atoms with Crippen LogP contribution in [0.25, 0.3) is 0 Å². The maximum atomic E-state index is 11.7. The number of rotatable bonds is 5. The van der Waals surface area contributed by atoms with Gasteiger partial charge in [-0.2, -0.15) is 0 Å². The summed E-state index contributed by atoms with van der Waals surface area (Å²) in [6.07, 6.45) is 4.68. The summed E-state index contributed by atoms with van der Waals surface area (Å²) < 4.78 is 5.36. The van der Waals surface area contributed by atoms with Crippen LogP contribution in [0.15, 0.2) is 0 Å². The molecule has 0 radical (unpaired) electrons. The molecule has 3 atom stereocenters. The Morgan fingerprint density at radius 2 is 2.38 bits per heavy atom. The van der Waals surface area contributed by atoms with Crippen LogP contribution in [-0.2, 0) is 9.53 Å². The highest BCUT2D eigenvalue weighted by molar-refractivity contribution is 5.84. The number of nitrogens with two attached hydrogens (primary N) is 1. The van der Waals surface area contributed by atoms with Crippen molar-refractivity contribution in [3.63, 3.8) is 0 Å². The predicted molar refractivity (Wildman–Crippen MR) is 64.1 cm³/mol. The van der Waals surface area contributed by atoms with Crippen molar-refractivity contribution in [3.05, 3.63) is 0 Å². The number of carbonyl (C=O) groups is 1. The lowest BCUT2D eigenvalue weighted by atomic mass is 9.79. The first-order valence-corrected chi connectivity index (χ1v) is 6.14. The molecule has 0 spiro atoms. The van der Waals surface area contributed by atoms with Gasteiger partial charge in [-0.1, -0.05) is 6.92 Å². The topological polar surface area (TPSA) is 64.3 Å². The van der Waals surface area contributed by atoms with Gasteiger partial charge >= 0.3 is 0 Å². The summed E-state index contributed by atoms with van der Waals surface area (Å²) in [6.45, 7) is 4.18. The molecule has 0 aliphatic heterocycles. The Morgan fingerprint density at radius 1 is 1.69 bits per heavy atom. The summed E-state index contributed by atoms with van der Waals surface area (Å²) >= 11 is 0. The Bertz CT molecular complexity index is 241. The van der Waals surface area contributed by atoms with E-state index in [9.17, 15) is 4.79 Å². The number of primary amides is 1. The first-order chi connectivity index (χ1) is 7.54. The summed E-state index contributed by atoms with van der Waals surface area (Å²) in [4.78, 5) is 11.7. The lowest BCUT2D eigenvalue weighted by molar-refractivity contribution is -0.128. The van der Waals surface area contributed by atoms with Crippen molar-refractivity contribution in [2.45, 2.75) is 63.6 Å². The van der Waals surface area contributed by atoms with Gasteiger partial charge in [0.15, 0.2) is 0 Å². The maximum absolute atomic E-state index is 11.7. The fourth-order valence-corrected chi connectivity index (χ4v) is 2.43. The molecule has 0 saturated heterocycles. The van der Waals surface area contributed by atoms with E-state index < -0.39 is 5.54 Å². The molecular weight excluding hydrogens is 204 g/mol. The third-order valence-corrected chi connectivity index (χ3v) is 3.65. The van der Waals surface area contributed by atoms with Crippen molar-refractivity contribution < 1.29 is 9.53 Å². The van der Waals surface area contributed by atoms with Crippen molar-refractivity contribution in [1.29, 1.82) is 0 Å². The van der Waals surface area contributed by atoms with E-state index in [1.54, 1.807) is 7.11 Å². The molecule has 0 bridgehead atoms. The highest BCUT2D eigenvalue weighted by atomic mass is 16.5. The van der Waals surface area contributed by atoms with E-state index in [1.807, 2.05) is 0 Å². The molecule has 0 heterocycles. The van der Waals surface area contributed by atoms with Gasteiger partial charge in [0.05, 0.1) is 6.10 Å². The van der Waals surface area contributed by atoms with Crippen molar-refractivity contribution in [1.82, 2.24) is 5.32 Å². The third-order valence-electron chi connectivity index (χ3n) is 3.65. The second-order valence-corrected chi connectivity index (χ2v) is 4.85. The molecule has 4 heteroatoms. The van der Waals surface area contributed by atoms with Crippen LogP contribution in [0.4, 0.5) is 0 Å². The largest absolute Gasteiger partial charge is 0.381 e. The molecule has 1 saturated carbocycles. The molecule has 16 heavy (non-hydrogen) atoms. The number of carbonyl (C=O) groups excluding carboxylic acids is 1. The standard InChI is InChI=1S/C12H24N2O2/c1-4-9(2)14-12(11(13)15)7-5-6-10(8-12)16-3/h9-10,14H,4-8H2,1-3H3,(H2,13,15). The van der Waals surface area contributed by atoms with Gasteiger partial charge in [0.25, 0.3) is 0 Å². The minimum absolute atomic E-state index is 0.151. The van der Waals surface area contributed by atoms with Gasteiger partial charge < -0.3 is 15.8 Å². The molecule has 1 aliphatic carbocycles. The molecular formula is C12H24N2O2. The van der Waals surface area contributed by atoms with Crippen LogP contribution in [0.1, 0.15) is 46.0 Å². The molecule has 0 aromatic heterocycles. The molecule has 1 fully saturated rings. The highest BCUT2D eigenvalue weighted by Gasteiger charge is 2.41. The summed E-state index contributed by atoms with van der Waals surface area (Å²) in [7, 11) is 1.70. The number of methoxy groups -OCH3 is 1. The minimum Gasteiger partial charge on any atom is -0.381 e. The number of hydrogen-bond acceptors (Lipinski definition) is 3. The van der Waals surface area contributed by atoms with Crippen molar-refractivity contribution >= 4 is 5.91 Å². The first kappa shape index (κ1) is 13.5. The quantitative estimate of drug-likeness (QED) is 0.743. The maximum Gasteiger partial charge on any atom is 0.237 e. The molecule has 4 nitrogen and oxygen atoms in total. The third kappa shape index (κ3) is 2.95. The average Bonchev–Trinajstić information content (AvgIpc) is 2.28. The van der Waals surface area contributed by atoms with Gasteiger partial charge in [-0.15, -0.1) is 0 Å². The smallest absolute Gasteiger partial charge is 0.237 e. The zero-order valence-electron chi connectivity index (χ0n) is 10.6. The zero-order chi connectivity index (χ0) is 12.2. The van der Waals surface area contributed by atoms with Crippen LogP contribution in [0, 0.1) is 0 Å². The summed E-state index contributed by atoms with van der Waals surface area (Å²) in [6, 6.07) is 0.308. The molecule has 1 rings (SSSR count). The van der Waals surface area contributed by atoms with Crippen LogP contribution in [0.3, 0.4) is 0 Å². The van der Waals surface area contributed by atoms with Crippen LogP contribution < -0.4 is 11.1 Å². The fraction of sp³-hybridized carbons (Fsp3) is 0.917. The molecule has 1 amide bonds. The Balaban J connectivity index is 2.75. The van der Waals surface area contributed by atoms with E-state index in [1.165, 1.54) is 0 Å². The van der Waals surface area contributed by atoms with Gasteiger partial charge in [0, 0.05) is 19.6 Å². The van der Waals surface area contributed by atoms with Crippen LogP contribution in [0.5, 0.6) is 0 Å². The average molecular weight is 228 g/mol. The van der Waals surface area contributed by atoms with Crippen molar-refractivity contribution in [2.75, 3.05) is 7.11 Å². The predicted octanol–water partition coefficient (Wildman–Crippen LogP) is 1.19. The Kier molecular flexibility index (Phi) is 4.74. The highest BCUT2D eigenvalue weighted by Crippen LogP contribution is 2.30. The van der Waals surface area contributed by atoms with Crippen molar-refractivity contribution in [2.24, 2.45) is 5.73 Å². The first-order valence-electron chi connectivity index (χ1n) is 6.14. The minimum atomic E-state index is -0.561.